The molecule has 0 bridgehead atoms. The summed E-state index contributed by atoms with van der Waals surface area (Å²) in [5, 5.41) is 0. The number of carbonyl (C=O) groups is 1. The third-order valence-corrected chi connectivity index (χ3v) is 3.15. The van der Waals surface area contributed by atoms with Crippen LogP contribution in [-0.2, 0) is 4.74 Å². The van der Waals surface area contributed by atoms with E-state index in [1.54, 1.807) is 0 Å². The number of ketones is 1. The number of benzene rings is 1. The van der Waals surface area contributed by atoms with Crippen molar-refractivity contribution < 1.29 is 9.53 Å². The van der Waals surface area contributed by atoms with E-state index in [0.717, 1.165) is 18.5 Å². The van der Waals surface area contributed by atoms with E-state index in [0.29, 0.717) is 12.2 Å². The Kier molecular flexibility index (Phi) is 5.55. The van der Waals surface area contributed by atoms with Gasteiger partial charge in [-0.3, -0.25) is 4.79 Å². The Balaban J connectivity index is 2.75. The molecule has 3 nitrogen and oxygen atoms in total. The fourth-order valence-electron chi connectivity index (χ4n) is 1.80. The lowest BCUT2D eigenvalue weighted by molar-refractivity contribution is -0.00545. The maximum atomic E-state index is 12.4. The average Bonchev–Trinajstić information content (AvgIpc) is 2.38. The molecule has 1 rings (SSSR count). The van der Waals surface area contributed by atoms with E-state index in [2.05, 4.69) is 6.92 Å². The van der Waals surface area contributed by atoms with Gasteiger partial charge in [-0.2, -0.15) is 0 Å². The molecule has 0 aliphatic heterocycles. The number of hydrogen-bond acceptors (Lipinski definition) is 3. The topological polar surface area (TPSA) is 29.5 Å². The molecule has 19 heavy (non-hydrogen) atoms. The lowest BCUT2D eigenvalue weighted by Crippen LogP contribution is -2.35. The summed E-state index contributed by atoms with van der Waals surface area (Å²) >= 11 is 0. The van der Waals surface area contributed by atoms with Crippen LogP contribution in [0.15, 0.2) is 24.3 Å². The molecule has 0 aliphatic rings. The maximum Gasteiger partial charge on any atom is 0.194 e. The van der Waals surface area contributed by atoms with Crippen molar-refractivity contribution in [3.05, 3.63) is 29.8 Å². The van der Waals surface area contributed by atoms with Gasteiger partial charge in [0.25, 0.3) is 0 Å². The zero-order valence-electron chi connectivity index (χ0n) is 12.7. The lowest BCUT2D eigenvalue weighted by atomic mass is 9.96. The molecule has 0 saturated heterocycles. The predicted octanol–water partition coefficient (Wildman–Crippen LogP) is 3.53. The summed E-state index contributed by atoms with van der Waals surface area (Å²) in [6, 6.07) is 7.63. The van der Waals surface area contributed by atoms with Crippen LogP contribution in [0.4, 0.5) is 5.69 Å². The number of anilines is 1. The van der Waals surface area contributed by atoms with Crippen LogP contribution < -0.4 is 4.90 Å². The number of rotatable bonds is 7. The second-order valence-corrected chi connectivity index (χ2v) is 5.48. The van der Waals surface area contributed by atoms with Crippen LogP contribution >= 0.6 is 0 Å². The van der Waals surface area contributed by atoms with Crippen molar-refractivity contribution >= 4 is 11.5 Å². The molecule has 3 heteroatoms. The molecule has 0 aliphatic carbocycles. The third kappa shape index (κ3) is 4.35. The summed E-state index contributed by atoms with van der Waals surface area (Å²) < 4.78 is 5.70. The van der Waals surface area contributed by atoms with Crippen LogP contribution in [0.1, 0.15) is 44.0 Å². The SMILES string of the molecule is CCCCOC(C)(C)C(=O)c1ccc(N(C)C)cc1. The molecule has 0 aromatic heterocycles. The van der Waals surface area contributed by atoms with Crippen molar-refractivity contribution in [1.82, 2.24) is 0 Å². The molecule has 1 aromatic carbocycles. The summed E-state index contributed by atoms with van der Waals surface area (Å²) in [6.45, 7) is 6.42. The smallest absolute Gasteiger partial charge is 0.194 e. The van der Waals surface area contributed by atoms with Crippen molar-refractivity contribution in [1.29, 1.82) is 0 Å². The molecular formula is C16H25NO2. The Morgan fingerprint density at radius 3 is 2.26 bits per heavy atom. The van der Waals surface area contributed by atoms with Crippen LogP contribution in [0, 0.1) is 0 Å². The van der Waals surface area contributed by atoms with Crippen LogP contribution in [0.5, 0.6) is 0 Å². The molecule has 1 aromatic rings. The fraction of sp³-hybridized carbons (Fsp3) is 0.562. The summed E-state index contributed by atoms with van der Waals surface area (Å²) in [5.41, 5.74) is 1.03. The van der Waals surface area contributed by atoms with Gasteiger partial charge < -0.3 is 9.64 Å². The minimum atomic E-state index is -0.755. The predicted molar refractivity (Wildman–Crippen MR) is 80.0 cm³/mol. The van der Waals surface area contributed by atoms with Gasteiger partial charge in [0, 0.05) is 32.0 Å². The van der Waals surface area contributed by atoms with Gasteiger partial charge in [0.1, 0.15) is 5.60 Å². The summed E-state index contributed by atoms with van der Waals surface area (Å²) in [5.74, 6) is 0.0360. The molecule has 0 N–H and O–H groups in total. The average molecular weight is 263 g/mol. The standard InChI is InChI=1S/C16H25NO2/c1-6-7-12-19-16(2,3)15(18)13-8-10-14(11-9-13)17(4)5/h8-11H,6-7,12H2,1-5H3. The van der Waals surface area contributed by atoms with Crippen LogP contribution in [-0.4, -0.2) is 32.1 Å². The highest BCUT2D eigenvalue weighted by Gasteiger charge is 2.29. The third-order valence-electron chi connectivity index (χ3n) is 3.15. The largest absolute Gasteiger partial charge is 0.378 e. The second kappa shape index (κ2) is 6.71. The molecule has 0 amide bonds. The number of nitrogens with zero attached hydrogens (tertiary/aromatic N) is 1. The van der Waals surface area contributed by atoms with E-state index in [1.165, 1.54) is 0 Å². The molecule has 0 fully saturated rings. The molecule has 106 valence electrons. The Morgan fingerprint density at radius 1 is 1.21 bits per heavy atom. The first kappa shape index (κ1) is 15.7. The summed E-state index contributed by atoms with van der Waals surface area (Å²) in [4.78, 5) is 14.4. The van der Waals surface area contributed by atoms with Crippen molar-refractivity contribution in [3.8, 4) is 0 Å². The first-order valence-corrected chi connectivity index (χ1v) is 6.84. The van der Waals surface area contributed by atoms with Gasteiger partial charge in [0.15, 0.2) is 5.78 Å². The first-order valence-electron chi connectivity index (χ1n) is 6.84. The Hall–Kier alpha value is -1.35. The molecular weight excluding hydrogens is 238 g/mol. The maximum absolute atomic E-state index is 12.4. The highest BCUT2D eigenvalue weighted by molar-refractivity contribution is 6.02. The number of unbranched alkanes of at least 4 members (excludes halogenated alkanes) is 1. The quantitative estimate of drug-likeness (QED) is 0.557. The van der Waals surface area contributed by atoms with E-state index < -0.39 is 5.60 Å². The van der Waals surface area contributed by atoms with Gasteiger partial charge in [-0.05, 0) is 44.5 Å². The Morgan fingerprint density at radius 2 is 1.79 bits per heavy atom. The minimum Gasteiger partial charge on any atom is -0.378 e. The Labute approximate surface area is 116 Å². The van der Waals surface area contributed by atoms with E-state index in [9.17, 15) is 4.79 Å². The summed E-state index contributed by atoms with van der Waals surface area (Å²) in [7, 11) is 3.96. The molecule has 0 unspecified atom stereocenters. The fourth-order valence-corrected chi connectivity index (χ4v) is 1.80. The van der Waals surface area contributed by atoms with Gasteiger partial charge in [-0.1, -0.05) is 13.3 Å². The number of ether oxygens (including phenoxy) is 1. The van der Waals surface area contributed by atoms with Crippen molar-refractivity contribution in [2.75, 3.05) is 25.6 Å². The van der Waals surface area contributed by atoms with E-state index >= 15 is 0 Å². The van der Waals surface area contributed by atoms with E-state index in [-0.39, 0.29) is 5.78 Å². The van der Waals surface area contributed by atoms with Crippen LogP contribution in [0.2, 0.25) is 0 Å². The van der Waals surface area contributed by atoms with Gasteiger partial charge >= 0.3 is 0 Å². The van der Waals surface area contributed by atoms with E-state index in [4.69, 9.17) is 4.74 Å². The zero-order chi connectivity index (χ0) is 14.5. The highest BCUT2D eigenvalue weighted by Crippen LogP contribution is 2.20. The van der Waals surface area contributed by atoms with Crippen molar-refractivity contribution in [3.63, 3.8) is 0 Å². The van der Waals surface area contributed by atoms with Crippen molar-refractivity contribution in [2.45, 2.75) is 39.2 Å². The van der Waals surface area contributed by atoms with Crippen LogP contribution in [0.25, 0.3) is 0 Å². The molecule has 0 spiro atoms. The van der Waals surface area contributed by atoms with Gasteiger partial charge in [-0.25, -0.2) is 0 Å². The normalized spacial score (nSPS) is 11.4. The number of hydrogen-bond donors (Lipinski definition) is 0. The monoisotopic (exact) mass is 263 g/mol. The molecule has 0 radical (unpaired) electrons. The minimum absolute atomic E-state index is 0.0360. The Bertz CT molecular complexity index is 407. The van der Waals surface area contributed by atoms with E-state index in [1.807, 2.05) is 57.1 Å². The second-order valence-electron chi connectivity index (χ2n) is 5.48. The summed E-state index contributed by atoms with van der Waals surface area (Å²) in [6.07, 6.45) is 2.05. The molecule has 0 saturated carbocycles. The first-order chi connectivity index (χ1) is 8.88. The van der Waals surface area contributed by atoms with Crippen LogP contribution in [0.3, 0.4) is 0 Å². The zero-order valence-corrected chi connectivity index (χ0v) is 12.7. The molecule has 0 atom stereocenters. The molecule has 0 heterocycles. The van der Waals surface area contributed by atoms with Gasteiger partial charge in [-0.15, -0.1) is 0 Å². The van der Waals surface area contributed by atoms with Gasteiger partial charge in [0.05, 0.1) is 0 Å². The number of carbonyl (C=O) groups excluding carboxylic acids is 1. The van der Waals surface area contributed by atoms with Crippen molar-refractivity contribution in [2.24, 2.45) is 0 Å². The number of Topliss-reactive ketones (excluding diaryl/α,β-unsaturated/α-hetero) is 1. The lowest BCUT2D eigenvalue weighted by Gasteiger charge is -2.24. The van der Waals surface area contributed by atoms with Gasteiger partial charge in [0.2, 0.25) is 0 Å². The highest BCUT2D eigenvalue weighted by atomic mass is 16.5.